The summed E-state index contributed by atoms with van der Waals surface area (Å²) in [5.74, 6) is 2.26. The van der Waals surface area contributed by atoms with Crippen molar-refractivity contribution in [1.29, 1.82) is 0 Å². The molecule has 0 aliphatic rings. The van der Waals surface area contributed by atoms with Crippen molar-refractivity contribution in [1.82, 2.24) is 9.71 Å². The Bertz CT molecular complexity index is 570. The highest BCUT2D eigenvalue weighted by Gasteiger charge is 2.11. The number of hydrogen-bond donors (Lipinski definition) is 1. The van der Waals surface area contributed by atoms with Gasteiger partial charge in [0.1, 0.15) is 17.0 Å². The second-order valence-corrected chi connectivity index (χ2v) is 7.00. The number of thiazole rings is 1. The smallest absolute Gasteiger partial charge is 0.166 e. The van der Waals surface area contributed by atoms with Gasteiger partial charge in [-0.3, -0.25) is 4.72 Å². The van der Waals surface area contributed by atoms with Gasteiger partial charge >= 0.3 is 0 Å². The Morgan fingerprint density at radius 1 is 1.30 bits per heavy atom. The van der Waals surface area contributed by atoms with Crippen molar-refractivity contribution in [2.45, 2.75) is 24.6 Å². The summed E-state index contributed by atoms with van der Waals surface area (Å²) in [5, 5.41) is 0. The lowest BCUT2D eigenvalue weighted by atomic mass is 10.1. The topological polar surface area (TPSA) is 43.4 Å². The number of ether oxygens (including phenoxy) is 2. The Kier molecular flexibility index (Phi) is 5.51. The normalized spacial score (nSPS) is 11.2. The molecule has 0 spiro atoms. The van der Waals surface area contributed by atoms with Gasteiger partial charge in [-0.15, -0.1) is 11.3 Å². The molecule has 110 valence electrons. The van der Waals surface area contributed by atoms with Crippen LogP contribution in [-0.4, -0.2) is 25.7 Å². The Morgan fingerprint density at radius 3 is 2.75 bits per heavy atom. The predicted octanol–water partition coefficient (Wildman–Crippen LogP) is 3.96. The third-order valence-corrected chi connectivity index (χ3v) is 4.76. The molecule has 0 fully saturated rings. The molecule has 1 N–H and O–H groups in total. The lowest BCUT2D eigenvalue weighted by molar-refractivity contribution is 0.397. The fraction of sp³-hybridized carbons (Fsp3) is 0.500. The zero-order valence-electron chi connectivity index (χ0n) is 12.2. The van der Waals surface area contributed by atoms with Crippen LogP contribution in [0.3, 0.4) is 0 Å². The molecule has 0 aliphatic carbocycles. The number of aromatic nitrogens is 1. The van der Waals surface area contributed by atoms with E-state index in [1.807, 2.05) is 12.1 Å². The quantitative estimate of drug-likeness (QED) is 0.619. The molecule has 20 heavy (non-hydrogen) atoms. The Labute approximate surface area is 128 Å². The number of nitrogens with one attached hydrogen (secondary N) is 1. The first kappa shape index (κ1) is 15.4. The third kappa shape index (κ3) is 3.77. The second kappa shape index (κ2) is 7.15. The van der Waals surface area contributed by atoms with Crippen LogP contribution in [0.2, 0.25) is 0 Å². The minimum Gasteiger partial charge on any atom is -0.497 e. The second-order valence-electron chi connectivity index (χ2n) is 4.84. The minimum absolute atomic E-state index is 0.711. The highest BCUT2D eigenvalue weighted by atomic mass is 32.2. The van der Waals surface area contributed by atoms with E-state index in [2.05, 4.69) is 23.6 Å². The van der Waals surface area contributed by atoms with E-state index >= 15 is 0 Å². The molecule has 0 saturated carbocycles. The summed E-state index contributed by atoms with van der Waals surface area (Å²) in [5.41, 5.74) is 0.895. The number of nitrogens with zero attached hydrogens (tertiary/aromatic N) is 1. The molecule has 0 radical (unpaired) electrons. The summed E-state index contributed by atoms with van der Waals surface area (Å²) < 4.78 is 16.1. The summed E-state index contributed by atoms with van der Waals surface area (Å²) in [6.45, 7) is 5.43. The van der Waals surface area contributed by atoms with Crippen LogP contribution in [0.4, 0.5) is 0 Å². The van der Waals surface area contributed by atoms with E-state index in [0.29, 0.717) is 5.92 Å². The fourth-order valence-electron chi connectivity index (χ4n) is 1.73. The van der Waals surface area contributed by atoms with Crippen LogP contribution in [0.1, 0.15) is 20.3 Å². The largest absolute Gasteiger partial charge is 0.497 e. The van der Waals surface area contributed by atoms with Crippen LogP contribution >= 0.6 is 23.3 Å². The van der Waals surface area contributed by atoms with E-state index in [0.717, 1.165) is 39.0 Å². The van der Waals surface area contributed by atoms with Gasteiger partial charge in [0, 0.05) is 12.6 Å². The molecule has 4 nitrogen and oxygen atoms in total. The first-order chi connectivity index (χ1) is 9.63. The number of fused-ring (bicyclic) bond motifs is 1. The van der Waals surface area contributed by atoms with Gasteiger partial charge < -0.3 is 9.47 Å². The van der Waals surface area contributed by atoms with E-state index < -0.39 is 0 Å². The van der Waals surface area contributed by atoms with E-state index in [1.165, 1.54) is 0 Å². The van der Waals surface area contributed by atoms with Gasteiger partial charge in [0.2, 0.25) is 0 Å². The molecular formula is C14H20N2O2S2. The minimum atomic E-state index is 0.711. The highest BCUT2D eigenvalue weighted by molar-refractivity contribution is 7.99. The molecule has 1 aromatic carbocycles. The Morgan fingerprint density at radius 2 is 2.10 bits per heavy atom. The van der Waals surface area contributed by atoms with Crippen molar-refractivity contribution < 1.29 is 9.47 Å². The van der Waals surface area contributed by atoms with Crippen molar-refractivity contribution >= 4 is 33.5 Å². The van der Waals surface area contributed by atoms with Gasteiger partial charge in [-0.05, 0) is 30.4 Å². The van der Waals surface area contributed by atoms with E-state index in [9.17, 15) is 0 Å². The van der Waals surface area contributed by atoms with Crippen molar-refractivity contribution in [3.05, 3.63) is 12.1 Å². The number of benzene rings is 1. The third-order valence-electron chi connectivity index (χ3n) is 2.85. The zero-order valence-corrected chi connectivity index (χ0v) is 13.9. The van der Waals surface area contributed by atoms with Gasteiger partial charge in [-0.25, -0.2) is 4.98 Å². The van der Waals surface area contributed by atoms with Crippen LogP contribution in [-0.2, 0) is 0 Å². The Balaban J connectivity index is 2.12. The van der Waals surface area contributed by atoms with Gasteiger partial charge in [-0.1, -0.05) is 13.8 Å². The van der Waals surface area contributed by atoms with Crippen LogP contribution in [0, 0.1) is 5.92 Å². The summed E-state index contributed by atoms with van der Waals surface area (Å²) in [4.78, 5) is 4.61. The molecule has 0 saturated heterocycles. The summed E-state index contributed by atoms with van der Waals surface area (Å²) in [6, 6.07) is 3.86. The average Bonchev–Trinajstić information content (AvgIpc) is 2.84. The molecule has 0 unspecified atom stereocenters. The molecule has 2 aromatic rings. The highest BCUT2D eigenvalue weighted by Crippen LogP contribution is 2.36. The summed E-state index contributed by atoms with van der Waals surface area (Å²) >= 11 is 3.23. The molecular weight excluding hydrogens is 292 g/mol. The first-order valence-electron chi connectivity index (χ1n) is 6.56. The first-order valence-corrected chi connectivity index (χ1v) is 8.19. The van der Waals surface area contributed by atoms with E-state index in [-0.39, 0.29) is 0 Å². The summed E-state index contributed by atoms with van der Waals surface area (Å²) in [6.07, 6.45) is 1.16. The molecule has 0 aliphatic heterocycles. The number of methoxy groups -OCH3 is 2. The van der Waals surface area contributed by atoms with E-state index in [1.54, 1.807) is 37.5 Å². The van der Waals surface area contributed by atoms with E-state index in [4.69, 9.17) is 9.47 Å². The predicted molar refractivity (Wildman–Crippen MR) is 86.0 cm³/mol. The molecule has 6 heteroatoms. The maximum atomic E-state index is 5.37. The monoisotopic (exact) mass is 312 g/mol. The standard InChI is InChI=1S/C14H20N2O2S2/c1-9(2)5-6-15-20-14-16-13-11(18-4)7-10(17-3)8-12(13)19-14/h7-9,15H,5-6H2,1-4H3. The molecule has 1 heterocycles. The number of hydrogen-bond acceptors (Lipinski definition) is 6. The van der Waals surface area contributed by atoms with Crippen LogP contribution in [0.5, 0.6) is 11.5 Å². The molecule has 1 aromatic heterocycles. The zero-order chi connectivity index (χ0) is 14.5. The number of rotatable bonds is 7. The van der Waals surface area contributed by atoms with Gasteiger partial charge in [0.05, 0.1) is 18.9 Å². The van der Waals surface area contributed by atoms with Crippen molar-refractivity contribution in [2.24, 2.45) is 5.92 Å². The van der Waals surface area contributed by atoms with Crippen LogP contribution in [0.25, 0.3) is 10.2 Å². The van der Waals surface area contributed by atoms with Crippen molar-refractivity contribution in [3.8, 4) is 11.5 Å². The SMILES string of the molecule is COc1cc(OC)c2nc(SNCCC(C)C)sc2c1. The average molecular weight is 312 g/mol. The maximum absolute atomic E-state index is 5.37. The molecule has 0 atom stereocenters. The molecule has 0 amide bonds. The van der Waals surface area contributed by atoms with Crippen molar-refractivity contribution in [3.63, 3.8) is 0 Å². The lowest BCUT2D eigenvalue weighted by Crippen LogP contribution is -2.07. The fourth-order valence-corrected chi connectivity index (χ4v) is 3.57. The summed E-state index contributed by atoms with van der Waals surface area (Å²) in [7, 11) is 3.31. The molecule has 0 bridgehead atoms. The van der Waals surface area contributed by atoms with Crippen molar-refractivity contribution in [2.75, 3.05) is 20.8 Å². The van der Waals surface area contributed by atoms with Crippen LogP contribution < -0.4 is 14.2 Å². The van der Waals surface area contributed by atoms with Gasteiger partial charge in [0.15, 0.2) is 4.34 Å². The van der Waals surface area contributed by atoms with Gasteiger partial charge in [-0.2, -0.15) is 0 Å². The molecule has 2 rings (SSSR count). The maximum Gasteiger partial charge on any atom is 0.166 e. The Hall–Kier alpha value is -0.980. The van der Waals surface area contributed by atoms with Gasteiger partial charge in [0.25, 0.3) is 0 Å². The van der Waals surface area contributed by atoms with Crippen LogP contribution in [0.15, 0.2) is 16.5 Å². The lowest BCUT2D eigenvalue weighted by Gasteiger charge is -2.04.